The Balaban J connectivity index is 0.000000239. The number of nitrogens with zero attached hydrogens (tertiary/aromatic N) is 1. The maximum Gasteiger partial charge on any atom is 0.326 e. The van der Waals surface area contributed by atoms with Gasteiger partial charge in [0.1, 0.15) is 6.04 Å². The summed E-state index contributed by atoms with van der Waals surface area (Å²) in [5.41, 5.74) is 3.96. The number of aliphatic hydroxyl groups is 1. The quantitative estimate of drug-likeness (QED) is 0.481. The van der Waals surface area contributed by atoms with Gasteiger partial charge < -0.3 is 25.3 Å². The molecule has 1 saturated carbocycles. The van der Waals surface area contributed by atoms with E-state index < -0.39 is 18.1 Å². The van der Waals surface area contributed by atoms with Gasteiger partial charge in [-0.1, -0.05) is 18.2 Å². The summed E-state index contributed by atoms with van der Waals surface area (Å²) >= 11 is 0. The number of rotatable bonds is 2. The van der Waals surface area contributed by atoms with E-state index in [0.717, 1.165) is 32.4 Å². The van der Waals surface area contributed by atoms with Crippen molar-refractivity contribution in [1.29, 1.82) is 0 Å². The number of hydrogen-bond donors (Lipinski definition) is 4. The fraction of sp³-hybridized carbons (Fsp3) is 0.577. The highest BCUT2D eigenvalue weighted by Crippen LogP contribution is 2.49. The molecule has 4 N–H and O–H groups in total. The summed E-state index contributed by atoms with van der Waals surface area (Å²) in [6, 6.07) is 8.19. The van der Waals surface area contributed by atoms with Gasteiger partial charge in [-0.05, 0) is 55.6 Å². The lowest BCUT2D eigenvalue weighted by molar-refractivity contribution is -0.160. The molecule has 0 radical (unpaired) electrons. The fourth-order valence-corrected chi connectivity index (χ4v) is 6.60. The molecular weight excluding hydrogens is 450 g/mol. The lowest BCUT2D eigenvalue weighted by Crippen LogP contribution is -2.53. The number of esters is 1. The molecule has 3 fully saturated rings. The minimum Gasteiger partial charge on any atom is -0.480 e. The van der Waals surface area contributed by atoms with Crippen molar-refractivity contribution in [3.63, 3.8) is 0 Å². The number of amides is 1. The normalized spacial score (nSPS) is 31.9. The van der Waals surface area contributed by atoms with E-state index in [4.69, 9.17) is 9.84 Å². The van der Waals surface area contributed by atoms with E-state index in [2.05, 4.69) is 39.5 Å². The Bertz CT molecular complexity index is 1130. The lowest BCUT2D eigenvalue weighted by Gasteiger charge is -2.50. The molecule has 4 aliphatic rings. The van der Waals surface area contributed by atoms with Crippen LogP contribution >= 0.6 is 0 Å². The lowest BCUT2D eigenvalue weighted by atomic mass is 9.65. The number of fused-ring (bicyclic) bond motifs is 6. The molecule has 6 rings (SSSR count). The molecule has 2 aromatic rings. The van der Waals surface area contributed by atoms with Gasteiger partial charge in [-0.25, -0.2) is 4.79 Å². The van der Waals surface area contributed by atoms with Crippen LogP contribution < -0.4 is 5.32 Å². The van der Waals surface area contributed by atoms with E-state index in [1.165, 1.54) is 29.3 Å². The number of hydrogen-bond acceptors (Lipinski definition) is 6. The summed E-state index contributed by atoms with van der Waals surface area (Å²) in [5.74, 6) is -1.05. The first-order valence-corrected chi connectivity index (χ1v) is 12.5. The number of para-hydroxylation sites is 1. The Labute approximate surface area is 203 Å². The zero-order chi connectivity index (χ0) is 24.7. The fourth-order valence-electron chi connectivity index (χ4n) is 6.60. The highest BCUT2D eigenvalue weighted by atomic mass is 16.5. The predicted octanol–water partition coefficient (Wildman–Crippen LogP) is 2.00. The molecule has 188 valence electrons. The van der Waals surface area contributed by atoms with E-state index in [-0.39, 0.29) is 23.7 Å². The molecule has 1 aromatic heterocycles. The van der Waals surface area contributed by atoms with Crippen LogP contribution in [0.3, 0.4) is 0 Å². The minimum absolute atomic E-state index is 0.164. The second kappa shape index (κ2) is 9.62. The standard InChI is InChI=1S/C21H26N2O3.C5H7NO3/c1-26-21(25)19-15-10-17-20-14(13-4-2-3-5-16(13)22-20)8-9-23(17)11-12(15)6-7-18(19)24;7-4-2-1-3(6-4)5(8)9/h2-5,12,15,17-19,22,24H,6-11H2,1H3;3H,1-2H2,(H,6,7)(H,8,9)/t12-,15+,17+,18+,19+;3-/m10/s1. The number of piperidine rings is 1. The first-order chi connectivity index (χ1) is 16.9. The molecule has 2 saturated heterocycles. The van der Waals surface area contributed by atoms with Gasteiger partial charge in [-0.15, -0.1) is 0 Å². The predicted molar refractivity (Wildman–Crippen MR) is 127 cm³/mol. The topological polar surface area (TPSA) is 132 Å². The van der Waals surface area contributed by atoms with Gasteiger partial charge in [0.15, 0.2) is 0 Å². The number of carbonyl (C=O) groups is 3. The zero-order valence-electron chi connectivity index (χ0n) is 19.9. The summed E-state index contributed by atoms with van der Waals surface area (Å²) in [6.07, 6.45) is 3.91. The van der Waals surface area contributed by atoms with Crippen molar-refractivity contribution in [2.24, 2.45) is 17.8 Å². The van der Waals surface area contributed by atoms with Gasteiger partial charge in [-0.2, -0.15) is 0 Å². The number of carboxylic acid groups (broad SMARTS) is 1. The second-order valence-corrected chi connectivity index (χ2v) is 10.2. The Morgan fingerprint density at radius 1 is 1.14 bits per heavy atom. The van der Waals surface area contributed by atoms with Crippen molar-refractivity contribution in [2.75, 3.05) is 20.2 Å². The number of aliphatic carboxylic acids is 1. The number of methoxy groups -OCH3 is 1. The summed E-state index contributed by atoms with van der Waals surface area (Å²) in [4.78, 5) is 39.1. The first-order valence-electron chi connectivity index (χ1n) is 12.5. The summed E-state index contributed by atoms with van der Waals surface area (Å²) in [7, 11) is 1.43. The molecule has 0 unspecified atom stereocenters. The van der Waals surface area contributed by atoms with Crippen molar-refractivity contribution in [3.05, 3.63) is 35.5 Å². The van der Waals surface area contributed by atoms with Crippen molar-refractivity contribution < 1.29 is 29.3 Å². The third-order valence-corrected chi connectivity index (χ3v) is 8.32. The SMILES string of the molecule is COC(=O)[C@H]1[C@H]2C[C@H]3c4[nH]c5ccccc5c4CCN3C[C@H]2CC[C@@H]1O.O=C1CC[C@@H](C(=O)O)N1. The molecule has 1 amide bonds. The molecule has 0 bridgehead atoms. The maximum atomic E-state index is 12.4. The molecule has 9 heteroatoms. The monoisotopic (exact) mass is 483 g/mol. The van der Waals surface area contributed by atoms with Crippen LogP contribution in [-0.4, -0.2) is 70.3 Å². The van der Waals surface area contributed by atoms with Crippen LogP contribution in [-0.2, 0) is 25.5 Å². The molecule has 6 atom stereocenters. The van der Waals surface area contributed by atoms with Crippen molar-refractivity contribution in [1.82, 2.24) is 15.2 Å². The number of aromatic nitrogens is 1. The van der Waals surface area contributed by atoms with Gasteiger partial charge >= 0.3 is 11.9 Å². The van der Waals surface area contributed by atoms with Crippen LogP contribution in [0.1, 0.15) is 49.4 Å². The van der Waals surface area contributed by atoms with Crippen LogP contribution in [0.2, 0.25) is 0 Å². The summed E-state index contributed by atoms with van der Waals surface area (Å²) in [5, 5.41) is 22.5. The van der Waals surface area contributed by atoms with E-state index in [0.29, 0.717) is 31.2 Å². The van der Waals surface area contributed by atoms with Crippen LogP contribution in [0.15, 0.2) is 24.3 Å². The zero-order valence-corrected chi connectivity index (χ0v) is 19.9. The van der Waals surface area contributed by atoms with Crippen LogP contribution in [0.4, 0.5) is 0 Å². The molecule has 0 spiro atoms. The van der Waals surface area contributed by atoms with Crippen molar-refractivity contribution in [2.45, 2.75) is 56.7 Å². The number of nitrogens with one attached hydrogen (secondary N) is 2. The molecule has 1 aromatic carbocycles. The van der Waals surface area contributed by atoms with Gasteiger partial charge in [0.2, 0.25) is 5.91 Å². The number of carbonyl (C=O) groups excluding carboxylic acids is 2. The van der Waals surface area contributed by atoms with Gasteiger partial charge in [-0.3, -0.25) is 14.5 Å². The Morgan fingerprint density at radius 2 is 1.94 bits per heavy atom. The first kappa shape index (κ1) is 23.8. The summed E-state index contributed by atoms with van der Waals surface area (Å²) < 4.78 is 5.04. The summed E-state index contributed by atoms with van der Waals surface area (Å²) in [6.45, 7) is 2.10. The molecule has 9 nitrogen and oxygen atoms in total. The smallest absolute Gasteiger partial charge is 0.326 e. The van der Waals surface area contributed by atoms with Crippen LogP contribution in [0, 0.1) is 17.8 Å². The van der Waals surface area contributed by atoms with E-state index >= 15 is 0 Å². The number of aromatic amines is 1. The minimum atomic E-state index is -0.944. The molecule has 4 heterocycles. The average Bonchev–Trinajstić information content (AvgIpc) is 3.47. The number of ether oxygens (including phenoxy) is 1. The molecule has 3 aliphatic heterocycles. The third-order valence-electron chi connectivity index (χ3n) is 8.32. The van der Waals surface area contributed by atoms with Crippen LogP contribution in [0.5, 0.6) is 0 Å². The second-order valence-electron chi connectivity index (χ2n) is 10.2. The van der Waals surface area contributed by atoms with E-state index in [1.807, 2.05) is 0 Å². The van der Waals surface area contributed by atoms with Crippen molar-refractivity contribution in [3.8, 4) is 0 Å². The number of carboxylic acids is 1. The van der Waals surface area contributed by atoms with Gasteiger partial charge in [0.25, 0.3) is 0 Å². The Morgan fingerprint density at radius 3 is 2.63 bits per heavy atom. The number of benzene rings is 1. The maximum absolute atomic E-state index is 12.4. The number of aliphatic hydroxyl groups excluding tert-OH is 1. The highest BCUT2D eigenvalue weighted by molar-refractivity contribution is 5.87. The number of H-pyrrole nitrogens is 1. The Kier molecular flexibility index (Phi) is 6.55. The highest BCUT2D eigenvalue weighted by Gasteiger charge is 2.49. The molecule has 1 aliphatic carbocycles. The average molecular weight is 484 g/mol. The van der Waals surface area contributed by atoms with Gasteiger partial charge in [0, 0.05) is 36.1 Å². The van der Waals surface area contributed by atoms with Crippen molar-refractivity contribution >= 4 is 28.7 Å². The Hall–Kier alpha value is -2.91. The van der Waals surface area contributed by atoms with Gasteiger partial charge in [0.05, 0.1) is 25.2 Å². The molecular formula is C26H33N3O6. The molecule has 35 heavy (non-hydrogen) atoms. The van der Waals surface area contributed by atoms with E-state index in [9.17, 15) is 19.5 Å². The third kappa shape index (κ3) is 4.43. The van der Waals surface area contributed by atoms with Crippen LogP contribution in [0.25, 0.3) is 10.9 Å². The van der Waals surface area contributed by atoms with E-state index in [1.54, 1.807) is 0 Å². The largest absolute Gasteiger partial charge is 0.480 e.